The Morgan fingerprint density at radius 3 is 2.38 bits per heavy atom. The standard InChI is InChI=1S/C13H17NO2/c1-13(16)7-9-14(10-8-13)12(15)11-5-3-2-4-6-11/h2-6,16H,7-10H2,1H3. The quantitative estimate of drug-likeness (QED) is 0.780. The Morgan fingerprint density at radius 2 is 1.81 bits per heavy atom. The highest BCUT2D eigenvalue weighted by Crippen LogP contribution is 2.22. The second-order valence-corrected chi connectivity index (χ2v) is 4.66. The molecule has 0 atom stereocenters. The Bertz CT molecular complexity index is 363. The van der Waals surface area contributed by atoms with Crippen molar-refractivity contribution in [3.8, 4) is 0 Å². The number of piperidine rings is 1. The van der Waals surface area contributed by atoms with Crippen LogP contribution >= 0.6 is 0 Å². The third kappa shape index (κ3) is 2.42. The summed E-state index contributed by atoms with van der Waals surface area (Å²) < 4.78 is 0. The summed E-state index contributed by atoms with van der Waals surface area (Å²) in [5, 5.41) is 9.81. The number of rotatable bonds is 1. The number of carbonyl (C=O) groups is 1. The van der Waals surface area contributed by atoms with Crippen molar-refractivity contribution in [1.29, 1.82) is 0 Å². The van der Waals surface area contributed by atoms with E-state index in [2.05, 4.69) is 0 Å². The molecule has 1 N–H and O–H groups in total. The van der Waals surface area contributed by atoms with Crippen LogP contribution in [0.25, 0.3) is 0 Å². The molecule has 0 spiro atoms. The molecule has 1 saturated heterocycles. The summed E-state index contributed by atoms with van der Waals surface area (Å²) in [7, 11) is 0. The number of hydrogen-bond donors (Lipinski definition) is 1. The van der Waals surface area contributed by atoms with Crippen LogP contribution in [0.4, 0.5) is 0 Å². The fourth-order valence-electron chi connectivity index (χ4n) is 1.95. The van der Waals surface area contributed by atoms with Gasteiger partial charge >= 0.3 is 0 Å². The monoisotopic (exact) mass is 219 g/mol. The molecule has 86 valence electrons. The SMILES string of the molecule is CC1(O)CCN(C(=O)c2ccccc2)CC1. The van der Waals surface area contributed by atoms with Crippen molar-refractivity contribution in [2.24, 2.45) is 0 Å². The average molecular weight is 219 g/mol. The van der Waals surface area contributed by atoms with E-state index >= 15 is 0 Å². The summed E-state index contributed by atoms with van der Waals surface area (Å²) in [5.74, 6) is 0.0658. The van der Waals surface area contributed by atoms with Crippen molar-refractivity contribution in [1.82, 2.24) is 4.90 Å². The molecule has 1 fully saturated rings. The molecule has 3 nitrogen and oxygen atoms in total. The van der Waals surface area contributed by atoms with Crippen molar-refractivity contribution in [3.63, 3.8) is 0 Å². The highest BCUT2D eigenvalue weighted by molar-refractivity contribution is 5.94. The van der Waals surface area contributed by atoms with Gasteiger partial charge in [0.2, 0.25) is 0 Å². The van der Waals surface area contributed by atoms with Crippen LogP contribution in [0.1, 0.15) is 30.1 Å². The van der Waals surface area contributed by atoms with Crippen LogP contribution in [0.15, 0.2) is 30.3 Å². The van der Waals surface area contributed by atoms with Gasteiger partial charge in [0.05, 0.1) is 5.60 Å². The maximum absolute atomic E-state index is 12.1. The summed E-state index contributed by atoms with van der Waals surface area (Å²) >= 11 is 0. The van der Waals surface area contributed by atoms with E-state index < -0.39 is 5.60 Å². The van der Waals surface area contributed by atoms with Gasteiger partial charge in [0.1, 0.15) is 0 Å². The average Bonchev–Trinajstić information content (AvgIpc) is 2.29. The van der Waals surface area contributed by atoms with Gasteiger partial charge in [0.25, 0.3) is 5.91 Å². The summed E-state index contributed by atoms with van der Waals surface area (Å²) in [5.41, 5.74) is 0.122. The number of nitrogens with zero attached hydrogens (tertiary/aromatic N) is 1. The highest BCUT2D eigenvalue weighted by Gasteiger charge is 2.29. The number of aliphatic hydroxyl groups is 1. The Balaban J connectivity index is 2.03. The molecule has 16 heavy (non-hydrogen) atoms. The summed E-state index contributed by atoms with van der Waals surface area (Å²) in [6.45, 7) is 3.11. The number of benzene rings is 1. The normalized spacial score (nSPS) is 19.5. The van der Waals surface area contributed by atoms with E-state index in [0.717, 1.165) is 5.56 Å². The molecule has 0 aromatic heterocycles. The van der Waals surface area contributed by atoms with E-state index in [0.29, 0.717) is 25.9 Å². The van der Waals surface area contributed by atoms with E-state index in [4.69, 9.17) is 0 Å². The Labute approximate surface area is 95.7 Å². The van der Waals surface area contributed by atoms with Gasteiger partial charge in [-0.2, -0.15) is 0 Å². The van der Waals surface area contributed by atoms with Crippen LogP contribution in [-0.4, -0.2) is 34.6 Å². The Hall–Kier alpha value is -1.35. The Kier molecular flexibility index (Phi) is 2.97. The van der Waals surface area contributed by atoms with Gasteiger partial charge in [0.15, 0.2) is 0 Å². The lowest BCUT2D eigenvalue weighted by atomic mass is 9.93. The van der Waals surface area contributed by atoms with Crippen LogP contribution < -0.4 is 0 Å². The van der Waals surface area contributed by atoms with Crippen LogP contribution in [0.5, 0.6) is 0 Å². The van der Waals surface area contributed by atoms with Crippen molar-refractivity contribution in [2.75, 3.05) is 13.1 Å². The smallest absolute Gasteiger partial charge is 0.253 e. The number of likely N-dealkylation sites (tertiary alicyclic amines) is 1. The molecular weight excluding hydrogens is 202 g/mol. The Morgan fingerprint density at radius 1 is 1.25 bits per heavy atom. The second-order valence-electron chi connectivity index (χ2n) is 4.66. The molecule has 1 aliphatic heterocycles. The van der Waals surface area contributed by atoms with Crippen molar-refractivity contribution < 1.29 is 9.90 Å². The van der Waals surface area contributed by atoms with Gasteiger partial charge < -0.3 is 10.0 Å². The van der Waals surface area contributed by atoms with E-state index in [1.807, 2.05) is 42.2 Å². The molecule has 0 aliphatic carbocycles. The first-order valence-corrected chi connectivity index (χ1v) is 5.65. The predicted molar refractivity (Wildman–Crippen MR) is 62.2 cm³/mol. The summed E-state index contributed by atoms with van der Waals surface area (Å²) in [6.07, 6.45) is 1.32. The minimum Gasteiger partial charge on any atom is -0.390 e. The van der Waals surface area contributed by atoms with Crippen LogP contribution in [0.3, 0.4) is 0 Å². The number of amides is 1. The molecular formula is C13H17NO2. The third-order valence-corrected chi connectivity index (χ3v) is 3.15. The fraction of sp³-hybridized carbons (Fsp3) is 0.462. The molecule has 2 rings (SSSR count). The molecule has 0 saturated carbocycles. The van der Waals surface area contributed by atoms with Crippen molar-refractivity contribution in [3.05, 3.63) is 35.9 Å². The lowest BCUT2D eigenvalue weighted by molar-refractivity contribution is -0.00202. The first-order chi connectivity index (χ1) is 7.58. The second kappa shape index (κ2) is 4.26. The zero-order chi connectivity index (χ0) is 11.6. The first-order valence-electron chi connectivity index (χ1n) is 5.65. The van der Waals surface area contributed by atoms with Gasteiger partial charge in [0, 0.05) is 18.7 Å². The maximum Gasteiger partial charge on any atom is 0.253 e. The lowest BCUT2D eigenvalue weighted by Gasteiger charge is -2.35. The molecule has 1 amide bonds. The first kappa shape index (κ1) is 11.1. The van der Waals surface area contributed by atoms with E-state index in [-0.39, 0.29) is 5.91 Å². The van der Waals surface area contributed by atoms with Gasteiger partial charge in [-0.1, -0.05) is 18.2 Å². The van der Waals surface area contributed by atoms with Gasteiger partial charge in [-0.3, -0.25) is 4.79 Å². The minimum absolute atomic E-state index is 0.0658. The molecule has 1 aromatic rings. The molecule has 3 heteroatoms. The van der Waals surface area contributed by atoms with Crippen molar-refractivity contribution in [2.45, 2.75) is 25.4 Å². The highest BCUT2D eigenvalue weighted by atomic mass is 16.3. The molecule has 1 heterocycles. The number of carbonyl (C=O) groups excluding carboxylic acids is 1. The lowest BCUT2D eigenvalue weighted by Crippen LogP contribution is -2.45. The minimum atomic E-state index is -0.604. The van der Waals surface area contributed by atoms with Crippen molar-refractivity contribution >= 4 is 5.91 Å². The largest absolute Gasteiger partial charge is 0.390 e. The predicted octanol–water partition coefficient (Wildman–Crippen LogP) is 1.67. The van der Waals surface area contributed by atoms with Gasteiger partial charge in [-0.25, -0.2) is 0 Å². The topological polar surface area (TPSA) is 40.5 Å². The summed E-state index contributed by atoms with van der Waals surface area (Å²) in [6, 6.07) is 9.29. The van der Waals surface area contributed by atoms with Gasteiger partial charge in [-0.05, 0) is 31.9 Å². The number of hydrogen-bond acceptors (Lipinski definition) is 2. The molecule has 0 bridgehead atoms. The van der Waals surface area contributed by atoms with Crippen LogP contribution in [0, 0.1) is 0 Å². The van der Waals surface area contributed by atoms with E-state index in [1.54, 1.807) is 0 Å². The fourth-order valence-corrected chi connectivity index (χ4v) is 1.95. The molecule has 1 aromatic carbocycles. The maximum atomic E-state index is 12.1. The van der Waals surface area contributed by atoms with Crippen LogP contribution in [0.2, 0.25) is 0 Å². The van der Waals surface area contributed by atoms with E-state index in [1.165, 1.54) is 0 Å². The van der Waals surface area contributed by atoms with Gasteiger partial charge in [-0.15, -0.1) is 0 Å². The molecule has 1 aliphatic rings. The zero-order valence-corrected chi connectivity index (χ0v) is 9.52. The molecule has 0 unspecified atom stereocenters. The third-order valence-electron chi connectivity index (χ3n) is 3.15. The van der Waals surface area contributed by atoms with E-state index in [9.17, 15) is 9.90 Å². The van der Waals surface area contributed by atoms with Crippen LogP contribution in [-0.2, 0) is 0 Å². The summed E-state index contributed by atoms with van der Waals surface area (Å²) in [4.78, 5) is 13.9. The zero-order valence-electron chi connectivity index (χ0n) is 9.52. The molecule has 0 radical (unpaired) electrons.